The normalized spacial score (nSPS) is 16.7. The van der Waals surface area contributed by atoms with Crippen molar-refractivity contribution >= 4 is 28.2 Å². The Balaban J connectivity index is 1.90. The maximum absolute atomic E-state index is 11.8. The highest BCUT2D eigenvalue weighted by Crippen LogP contribution is 2.22. The molecule has 1 aromatic carbocycles. The van der Waals surface area contributed by atoms with Gasteiger partial charge in [0.05, 0.1) is 0 Å². The molecule has 6 heteroatoms. The molecule has 0 aromatic heterocycles. The van der Waals surface area contributed by atoms with Gasteiger partial charge in [0, 0.05) is 53.8 Å². The van der Waals surface area contributed by atoms with E-state index < -0.39 is 10.8 Å². The van der Waals surface area contributed by atoms with Crippen LogP contribution < -0.4 is 15.5 Å². The summed E-state index contributed by atoms with van der Waals surface area (Å²) in [6.45, 7) is 2.58. The van der Waals surface area contributed by atoms with Gasteiger partial charge in [-0.25, -0.2) is 4.79 Å². The highest BCUT2D eigenvalue weighted by Gasteiger charge is 2.10. The van der Waals surface area contributed by atoms with Crippen molar-refractivity contribution in [2.24, 2.45) is 0 Å². The Morgan fingerprint density at radius 2 is 1.95 bits per heavy atom. The minimum Gasteiger partial charge on any atom is -0.371 e. The molecular weight excluding hydrogens is 298 g/mol. The third-order valence-electron chi connectivity index (χ3n) is 3.75. The first-order valence-corrected chi connectivity index (χ1v) is 9.58. The molecule has 1 heterocycles. The van der Waals surface area contributed by atoms with Gasteiger partial charge in [0.25, 0.3) is 0 Å². The fourth-order valence-corrected chi connectivity index (χ4v) is 2.98. The molecule has 122 valence electrons. The van der Waals surface area contributed by atoms with Gasteiger partial charge >= 0.3 is 6.03 Å². The molecule has 1 fully saturated rings. The number of nitrogens with one attached hydrogen (secondary N) is 2. The lowest BCUT2D eigenvalue weighted by Gasteiger charge is -2.23. The monoisotopic (exact) mass is 323 g/mol. The van der Waals surface area contributed by atoms with Crippen molar-refractivity contribution in [3.8, 4) is 0 Å². The van der Waals surface area contributed by atoms with E-state index >= 15 is 0 Å². The van der Waals surface area contributed by atoms with E-state index in [9.17, 15) is 9.00 Å². The van der Waals surface area contributed by atoms with Crippen molar-refractivity contribution < 1.29 is 9.00 Å². The van der Waals surface area contributed by atoms with Gasteiger partial charge < -0.3 is 15.5 Å². The molecule has 0 radical (unpaired) electrons. The van der Waals surface area contributed by atoms with E-state index in [1.807, 2.05) is 18.2 Å². The van der Waals surface area contributed by atoms with Crippen LogP contribution in [0.2, 0.25) is 0 Å². The number of benzene rings is 1. The molecule has 2 amide bonds. The second kappa shape index (κ2) is 8.78. The van der Waals surface area contributed by atoms with Crippen LogP contribution >= 0.6 is 0 Å². The predicted octanol–water partition coefficient (Wildman–Crippen LogP) is 2.57. The first-order valence-electron chi connectivity index (χ1n) is 7.85. The van der Waals surface area contributed by atoms with Gasteiger partial charge in [0.2, 0.25) is 0 Å². The Morgan fingerprint density at radius 1 is 1.23 bits per heavy atom. The van der Waals surface area contributed by atoms with E-state index in [1.54, 1.807) is 6.26 Å². The van der Waals surface area contributed by atoms with E-state index in [-0.39, 0.29) is 6.03 Å². The molecule has 1 aliphatic heterocycles. The van der Waals surface area contributed by atoms with Crippen molar-refractivity contribution in [2.45, 2.75) is 25.7 Å². The van der Waals surface area contributed by atoms with Crippen molar-refractivity contribution in [2.75, 3.05) is 41.9 Å². The Labute approximate surface area is 134 Å². The van der Waals surface area contributed by atoms with Crippen LogP contribution in [-0.4, -0.2) is 41.9 Å². The summed E-state index contributed by atoms with van der Waals surface area (Å²) in [5.41, 5.74) is 1.95. The third kappa shape index (κ3) is 5.67. The summed E-state index contributed by atoms with van der Waals surface area (Å²) in [6.07, 6.45) is 6.69. The molecule has 2 rings (SSSR count). The topological polar surface area (TPSA) is 61.4 Å². The van der Waals surface area contributed by atoms with Crippen LogP contribution in [-0.2, 0) is 10.8 Å². The number of anilines is 2. The van der Waals surface area contributed by atoms with Crippen molar-refractivity contribution in [3.63, 3.8) is 0 Å². The molecule has 0 bridgehead atoms. The first-order chi connectivity index (χ1) is 10.6. The molecule has 1 saturated heterocycles. The molecule has 5 nitrogen and oxygen atoms in total. The fraction of sp³-hybridized carbons (Fsp3) is 0.562. The highest BCUT2D eigenvalue weighted by atomic mass is 32.2. The predicted molar refractivity (Wildman–Crippen MR) is 93.1 cm³/mol. The van der Waals surface area contributed by atoms with E-state index in [0.717, 1.165) is 24.5 Å². The van der Waals surface area contributed by atoms with E-state index in [0.29, 0.717) is 12.3 Å². The number of hydrogen-bond acceptors (Lipinski definition) is 3. The number of nitrogens with zero attached hydrogens (tertiary/aromatic N) is 1. The van der Waals surface area contributed by atoms with Gasteiger partial charge in [0.15, 0.2) is 0 Å². The van der Waals surface area contributed by atoms with Crippen LogP contribution in [0, 0.1) is 0 Å². The largest absolute Gasteiger partial charge is 0.371 e. The quantitative estimate of drug-likeness (QED) is 0.875. The lowest BCUT2D eigenvalue weighted by Crippen LogP contribution is -2.31. The fourth-order valence-electron chi connectivity index (χ4n) is 2.59. The molecule has 0 spiro atoms. The van der Waals surface area contributed by atoms with Crippen molar-refractivity contribution in [1.29, 1.82) is 0 Å². The van der Waals surface area contributed by atoms with Gasteiger partial charge in [-0.1, -0.05) is 18.9 Å². The van der Waals surface area contributed by atoms with E-state index in [2.05, 4.69) is 21.6 Å². The number of hydrogen-bond donors (Lipinski definition) is 2. The van der Waals surface area contributed by atoms with Crippen LogP contribution in [0.15, 0.2) is 24.3 Å². The average Bonchev–Trinajstić information content (AvgIpc) is 2.76. The van der Waals surface area contributed by atoms with Crippen molar-refractivity contribution in [3.05, 3.63) is 24.3 Å². The zero-order chi connectivity index (χ0) is 15.8. The van der Waals surface area contributed by atoms with Crippen LogP contribution in [0.5, 0.6) is 0 Å². The minimum absolute atomic E-state index is 0.251. The summed E-state index contributed by atoms with van der Waals surface area (Å²) >= 11 is 0. The average molecular weight is 323 g/mol. The summed E-state index contributed by atoms with van der Waals surface area (Å²) < 4.78 is 11.0. The number of carbonyl (C=O) groups is 1. The summed E-state index contributed by atoms with van der Waals surface area (Å²) in [4.78, 5) is 14.2. The zero-order valence-electron chi connectivity index (χ0n) is 13.1. The summed E-state index contributed by atoms with van der Waals surface area (Å²) in [5.74, 6) is 0.473. The smallest absolute Gasteiger partial charge is 0.319 e. The highest BCUT2D eigenvalue weighted by molar-refractivity contribution is 7.84. The molecule has 1 aliphatic rings. The zero-order valence-corrected chi connectivity index (χ0v) is 14.0. The molecular formula is C16H25N3O2S. The van der Waals surface area contributed by atoms with Gasteiger partial charge in [-0.3, -0.25) is 4.21 Å². The summed E-state index contributed by atoms with van der Waals surface area (Å²) in [7, 11) is -0.886. The lowest BCUT2D eigenvalue weighted by molar-refractivity contribution is 0.252. The van der Waals surface area contributed by atoms with Crippen LogP contribution in [0.1, 0.15) is 25.7 Å². The van der Waals surface area contributed by atoms with Gasteiger partial charge in [-0.2, -0.15) is 0 Å². The molecule has 1 aromatic rings. The molecule has 2 N–H and O–H groups in total. The first kappa shape index (κ1) is 16.8. The molecule has 1 atom stereocenters. The number of carbonyl (C=O) groups excluding carboxylic acids is 1. The third-order valence-corrected chi connectivity index (χ3v) is 4.53. The molecule has 0 unspecified atom stereocenters. The Morgan fingerprint density at radius 3 is 2.64 bits per heavy atom. The lowest BCUT2D eigenvalue weighted by atomic mass is 10.2. The van der Waals surface area contributed by atoms with E-state index in [4.69, 9.17) is 0 Å². The summed E-state index contributed by atoms with van der Waals surface area (Å²) in [5, 5.41) is 5.55. The molecule has 0 saturated carbocycles. The van der Waals surface area contributed by atoms with Crippen LogP contribution in [0.3, 0.4) is 0 Å². The van der Waals surface area contributed by atoms with Gasteiger partial charge in [-0.05, 0) is 31.0 Å². The number of urea groups is 1. The van der Waals surface area contributed by atoms with Crippen LogP contribution in [0.25, 0.3) is 0 Å². The van der Waals surface area contributed by atoms with Gasteiger partial charge in [-0.15, -0.1) is 0 Å². The Kier molecular flexibility index (Phi) is 6.71. The second-order valence-corrected chi connectivity index (χ2v) is 7.16. The standard InChI is InChI=1S/C16H25N3O2S/c1-22(21)12-9-17-16(20)18-14-7-6-8-15(13-14)19-10-4-2-3-5-11-19/h6-8,13H,2-5,9-12H2,1H3,(H2,17,18,20)/t22-/m0/s1. The Hall–Kier alpha value is -1.56. The molecule has 22 heavy (non-hydrogen) atoms. The SMILES string of the molecule is C[S@](=O)CCNC(=O)Nc1cccc(N2CCCCCC2)c1. The maximum Gasteiger partial charge on any atom is 0.319 e. The van der Waals surface area contributed by atoms with Gasteiger partial charge in [0.1, 0.15) is 0 Å². The number of rotatable bonds is 5. The van der Waals surface area contributed by atoms with Crippen LogP contribution in [0.4, 0.5) is 16.2 Å². The number of amides is 2. The maximum atomic E-state index is 11.8. The summed E-state index contributed by atoms with van der Waals surface area (Å²) in [6, 6.07) is 7.71. The molecule has 0 aliphatic carbocycles. The second-order valence-electron chi connectivity index (χ2n) is 5.61. The van der Waals surface area contributed by atoms with Crippen molar-refractivity contribution in [1.82, 2.24) is 5.32 Å². The van der Waals surface area contributed by atoms with E-state index in [1.165, 1.54) is 25.7 Å². The Bertz CT molecular complexity index is 514. The minimum atomic E-state index is -0.886.